The number of hydrogen-bond acceptors (Lipinski definition) is 4. The standard InChI is InChI=1S/C14H20BrNO4S/c1-20-14-7-6-12(10-13(14)15)21(18,19)16(8-3-9-17)11-4-2-5-11/h6-7,10-11,17H,2-5,8-9H2,1H3. The molecular weight excluding hydrogens is 358 g/mol. The second-order valence-electron chi connectivity index (χ2n) is 5.07. The molecule has 0 radical (unpaired) electrons. The lowest BCUT2D eigenvalue weighted by Crippen LogP contribution is -2.44. The van der Waals surface area contributed by atoms with Gasteiger partial charge in [0.15, 0.2) is 0 Å². The fraction of sp³-hybridized carbons (Fsp3) is 0.571. The molecule has 1 N–H and O–H groups in total. The number of nitrogens with zero attached hydrogens (tertiary/aromatic N) is 1. The van der Waals surface area contributed by atoms with Gasteiger partial charge in [-0.2, -0.15) is 4.31 Å². The monoisotopic (exact) mass is 377 g/mol. The lowest BCUT2D eigenvalue weighted by molar-refractivity contribution is 0.198. The maximum Gasteiger partial charge on any atom is 0.243 e. The molecule has 0 saturated heterocycles. The van der Waals surface area contributed by atoms with Crippen LogP contribution in [0.2, 0.25) is 0 Å². The molecule has 5 nitrogen and oxygen atoms in total. The lowest BCUT2D eigenvalue weighted by atomic mass is 9.93. The second kappa shape index (κ2) is 7.09. The minimum Gasteiger partial charge on any atom is -0.496 e. The van der Waals surface area contributed by atoms with E-state index in [2.05, 4.69) is 15.9 Å². The van der Waals surface area contributed by atoms with E-state index in [4.69, 9.17) is 9.84 Å². The van der Waals surface area contributed by atoms with E-state index in [-0.39, 0.29) is 17.5 Å². The van der Waals surface area contributed by atoms with Gasteiger partial charge in [-0.25, -0.2) is 8.42 Å². The average molecular weight is 378 g/mol. The molecule has 7 heteroatoms. The van der Waals surface area contributed by atoms with E-state index < -0.39 is 10.0 Å². The summed E-state index contributed by atoms with van der Waals surface area (Å²) in [5, 5.41) is 8.99. The number of ether oxygens (including phenoxy) is 1. The van der Waals surface area contributed by atoms with Gasteiger partial charge in [0.1, 0.15) is 5.75 Å². The molecule has 0 unspecified atom stereocenters. The van der Waals surface area contributed by atoms with Crippen molar-refractivity contribution in [2.24, 2.45) is 0 Å². The zero-order valence-electron chi connectivity index (χ0n) is 12.0. The highest BCUT2D eigenvalue weighted by Crippen LogP contribution is 2.33. The highest BCUT2D eigenvalue weighted by Gasteiger charge is 2.34. The Morgan fingerprint density at radius 1 is 1.43 bits per heavy atom. The van der Waals surface area contributed by atoms with Crippen LogP contribution in [0, 0.1) is 0 Å². The highest BCUT2D eigenvalue weighted by atomic mass is 79.9. The van der Waals surface area contributed by atoms with E-state index in [9.17, 15) is 8.42 Å². The van der Waals surface area contributed by atoms with Crippen LogP contribution in [-0.2, 0) is 10.0 Å². The topological polar surface area (TPSA) is 66.8 Å². The predicted molar refractivity (Wildman–Crippen MR) is 83.9 cm³/mol. The molecule has 0 bridgehead atoms. The van der Waals surface area contributed by atoms with E-state index in [1.165, 1.54) is 11.4 Å². The Kier molecular flexibility index (Phi) is 5.65. The van der Waals surface area contributed by atoms with E-state index in [1.54, 1.807) is 18.2 Å². The Morgan fingerprint density at radius 3 is 2.62 bits per heavy atom. The van der Waals surface area contributed by atoms with Crippen LogP contribution in [0.5, 0.6) is 5.75 Å². The Morgan fingerprint density at radius 2 is 2.14 bits per heavy atom. The number of sulfonamides is 1. The van der Waals surface area contributed by atoms with Crippen molar-refractivity contribution < 1.29 is 18.3 Å². The Bertz CT molecular complexity index is 587. The third-order valence-electron chi connectivity index (χ3n) is 3.75. The van der Waals surface area contributed by atoms with E-state index >= 15 is 0 Å². The molecule has 0 heterocycles. The molecular formula is C14H20BrNO4S. The van der Waals surface area contributed by atoms with Gasteiger partial charge >= 0.3 is 0 Å². The first-order valence-electron chi connectivity index (χ1n) is 6.97. The molecule has 21 heavy (non-hydrogen) atoms. The summed E-state index contributed by atoms with van der Waals surface area (Å²) in [5.74, 6) is 0.597. The van der Waals surface area contributed by atoms with Crippen molar-refractivity contribution in [2.75, 3.05) is 20.3 Å². The molecule has 1 aliphatic carbocycles. The van der Waals surface area contributed by atoms with Gasteiger partial charge in [0.25, 0.3) is 0 Å². The minimum atomic E-state index is -3.54. The predicted octanol–water partition coefficient (Wildman–Crippen LogP) is 2.38. The average Bonchev–Trinajstić information content (AvgIpc) is 2.40. The van der Waals surface area contributed by atoms with Crippen LogP contribution in [0.4, 0.5) is 0 Å². The molecule has 1 fully saturated rings. The van der Waals surface area contributed by atoms with Crippen molar-refractivity contribution in [2.45, 2.75) is 36.6 Å². The summed E-state index contributed by atoms with van der Waals surface area (Å²) < 4.78 is 32.9. The first kappa shape index (κ1) is 16.7. The molecule has 0 amide bonds. The summed E-state index contributed by atoms with van der Waals surface area (Å²) in [7, 11) is -2.01. The molecule has 0 atom stereocenters. The van der Waals surface area contributed by atoms with Crippen molar-refractivity contribution in [3.05, 3.63) is 22.7 Å². The number of hydrogen-bond donors (Lipinski definition) is 1. The molecule has 1 aromatic rings. The van der Waals surface area contributed by atoms with Gasteiger partial charge in [0.2, 0.25) is 10.0 Å². The Hall–Kier alpha value is -0.630. The summed E-state index contributed by atoms with van der Waals surface area (Å²) in [6.45, 7) is 0.345. The van der Waals surface area contributed by atoms with Crippen molar-refractivity contribution >= 4 is 26.0 Å². The van der Waals surface area contributed by atoms with Crippen LogP contribution in [0.1, 0.15) is 25.7 Å². The second-order valence-corrected chi connectivity index (χ2v) is 7.82. The van der Waals surface area contributed by atoms with Crippen LogP contribution in [0.3, 0.4) is 0 Å². The third-order valence-corrected chi connectivity index (χ3v) is 6.32. The summed E-state index contributed by atoms with van der Waals surface area (Å²) in [5.41, 5.74) is 0. The summed E-state index contributed by atoms with van der Waals surface area (Å²) in [6.07, 6.45) is 3.29. The van der Waals surface area contributed by atoms with Crippen LogP contribution >= 0.6 is 15.9 Å². The molecule has 0 aromatic heterocycles. The SMILES string of the molecule is COc1ccc(S(=O)(=O)N(CCCO)C2CCC2)cc1Br. The van der Waals surface area contributed by atoms with E-state index in [1.807, 2.05) is 0 Å². The quantitative estimate of drug-likeness (QED) is 0.791. The minimum absolute atomic E-state index is 0.00888. The zero-order valence-corrected chi connectivity index (χ0v) is 14.4. The van der Waals surface area contributed by atoms with Crippen molar-refractivity contribution in [3.8, 4) is 5.75 Å². The fourth-order valence-electron chi connectivity index (χ4n) is 2.34. The van der Waals surface area contributed by atoms with Gasteiger partial charge in [-0.15, -0.1) is 0 Å². The number of aliphatic hydroxyl groups excluding tert-OH is 1. The van der Waals surface area contributed by atoms with Gasteiger partial charge in [0, 0.05) is 19.2 Å². The normalized spacial score (nSPS) is 16.0. The van der Waals surface area contributed by atoms with Crippen LogP contribution in [-0.4, -0.2) is 44.1 Å². The lowest BCUT2D eigenvalue weighted by Gasteiger charge is -2.36. The first-order valence-corrected chi connectivity index (χ1v) is 9.20. The molecule has 1 aliphatic rings. The number of methoxy groups -OCH3 is 1. The third kappa shape index (κ3) is 3.59. The number of halogens is 1. The summed E-state index contributed by atoms with van der Waals surface area (Å²) in [4.78, 5) is 0.250. The van der Waals surface area contributed by atoms with Gasteiger partial charge in [0.05, 0.1) is 16.5 Å². The van der Waals surface area contributed by atoms with Gasteiger partial charge < -0.3 is 9.84 Å². The largest absolute Gasteiger partial charge is 0.496 e. The van der Waals surface area contributed by atoms with E-state index in [0.717, 1.165) is 19.3 Å². The Labute approximate surface area is 134 Å². The summed E-state index contributed by atoms with van der Waals surface area (Å²) >= 11 is 3.32. The van der Waals surface area contributed by atoms with Crippen LogP contribution in [0.15, 0.2) is 27.6 Å². The number of rotatable bonds is 7. The maximum absolute atomic E-state index is 12.8. The molecule has 0 aliphatic heterocycles. The van der Waals surface area contributed by atoms with Crippen molar-refractivity contribution in [3.63, 3.8) is 0 Å². The first-order chi connectivity index (χ1) is 10.0. The molecule has 1 aromatic carbocycles. The number of benzene rings is 1. The number of aliphatic hydroxyl groups is 1. The van der Waals surface area contributed by atoms with Gasteiger partial charge in [-0.1, -0.05) is 6.42 Å². The fourth-order valence-corrected chi connectivity index (χ4v) is 4.79. The smallest absolute Gasteiger partial charge is 0.243 e. The zero-order chi connectivity index (χ0) is 15.5. The van der Waals surface area contributed by atoms with E-state index in [0.29, 0.717) is 23.2 Å². The highest BCUT2D eigenvalue weighted by molar-refractivity contribution is 9.10. The maximum atomic E-state index is 12.8. The van der Waals surface area contributed by atoms with Gasteiger partial charge in [-0.05, 0) is 53.4 Å². The molecule has 0 spiro atoms. The van der Waals surface area contributed by atoms with Gasteiger partial charge in [-0.3, -0.25) is 0 Å². The Balaban J connectivity index is 2.30. The summed E-state index contributed by atoms with van der Waals surface area (Å²) in [6, 6.07) is 4.83. The molecule has 118 valence electrons. The molecule has 1 saturated carbocycles. The van der Waals surface area contributed by atoms with Crippen LogP contribution in [0.25, 0.3) is 0 Å². The van der Waals surface area contributed by atoms with Crippen molar-refractivity contribution in [1.29, 1.82) is 0 Å². The molecule has 2 rings (SSSR count). The van der Waals surface area contributed by atoms with Crippen molar-refractivity contribution in [1.82, 2.24) is 4.31 Å². The van der Waals surface area contributed by atoms with Crippen LogP contribution < -0.4 is 4.74 Å².